The number of methoxy groups -OCH3 is 3. The molecule has 152 valence electrons. The standard InChI is InChI=1S/C20H21N3O5S/c1-25-15-6-4-13(5-7-15)20-22-19(28-23-20)12-29-11-18(24)21-14-8-16(26-2)10-17(9-14)27-3/h4-10H,11-12H2,1-3H3,(H,21,24). The Kier molecular flexibility index (Phi) is 6.96. The molecule has 9 heteroatoms. The molecule has 0 aliphatic heterocycles. The van der Waals surface area contributed by atoms with E-state index >= 15 is 0 Å². The van der Waals surface area contributed by atoms with Crippen LogP contribution in [0.3, 0.4) is 0 Å². The molecule has 3 aromatic rings. The molecule has 0 radical (unpaired) electrons. The summed E-state index contributed by atoms with van der Waals surface area (Å²) in [6.45, 7) is 0. The van der Waals surface area contributed by atoms with E-state index in [-0.39, 0.29) is 11.7 Å². The quantitative estimate of drug-likeness (QED) is 0.566. The number of thioether (sulfide) groups is 1. The molecule has 1 aromatic heterocycles. The summed E-state index contributed by atoms with van der Waals surface area (Å²) < 4.78 is 20.8. The fraction of sp³-hybridized carbons (Fsp3) is 0.250. The molecule has 0 spiro atoms. The van der Waals surface area contributed by atoms with Gasteiger partial charge in [-0.2, -0.15) is 4.98 Å². The van der Waals surface area contributed by atoms with Gasteiger partial charge in [0.15, 0.2) is 0 Å². The fourth-order valence-corrected chi connectivity index (χ4v) is 3.13. The van der Waals surface area contributed by atoms with Crippen LogP contribution in [0.1, 0.15) is 5.89 Å². The summed E-state index contributed by atoms with van der Waals surface area (Å²) >= 11 is 1.38. The van der Waals surface area contributed by atoms with Crippen molar-refractivity contribution < 1.29 is 23.5 Å². The SMILES string of the molecule is COc1ccc(-c2noc(CSCC(=O)Nc3cc(OC)cc(OC)c3)n2)cc1. The van der Waals surface area contributed by atoms with Crippen molar-refractivity contribution in [3.8, 4) is 28.6 Å². The molecule has 2 aromatic carbocycles. The van der Waals surface area contributed by atoms with E-state index in [2.05, 4.69) is 15.5 Å². The lowest BCUT2D eigenvalue weighted by Gasteiger charge is -2.09. The van der Waals surface area contributed by atoms with Gasteiger partial charge >= 0.3 is 0 Å². The van der Waals surface area contributed by atoms with Crippen LogP contribution in [0.4, 0.5) is 5.69 Å². The zero-order valence-electron chi connectivity index (χ0n) is 16.3. The number of anilines is 1. The molecular weight excluding hydrogens is 394 g/mol. The van der Waals surface area contributed by atoms with Crippen LogP contribution in [-0.2, 0) is 10.5 Å². The molecule has 0 fully saturated rings. The number of carbonyl (C=O) groups excluding carboxylic acids is 1. The molecule has 29 heavy (non-hydrogen) atoms. The smallest absolute Gasteiger partial charge is 0.236 e. The summed E-state index contributed by atoms with van der Waals surface area (Å²) in [7, 11) is 4.72. The first-order valence-corrected chi connectivity index (χ1v) is 9.84. The van der Waals surface area contributed by atoms with Crippen LogP contribution in [-0.4, -0.2) is 43.1 Å². The second-order valence-electron chi connectivity index (χ2n) is 5.88. The Bertz CT molecular complexity index is 937. The number of hydrogen-bond acceptors (Lipinski definition) is 8. The summed E-state index contributed by atoms with van der Waals surface area (Å²) in [6.07, 6.45) is 0. The lowest BCUT2D eigenvalue weighted by Crippen LogP contribution is -2.14. The third kappa shape index (κ3) is 5.64. The maximum atomic E-state index is 12.2. The molecule has 0 aliphatic carbocycles. The number of aromatic nitrogens is 2. The van der Waals surface area contributed by atoms with Gasteiger partial charge < -0.3 is 24.1 Å². The van der Waals surface area contributed by atoms with Gasteiger partial charge in [0, 0.05) is 29.4 Å². The highest BCUT2D eigenvalue weighted by molar-refractivity contribution is 7.99. The highest BCUT2D eigenvalue weighted by atomic mass is 32.2. The Balaban J connectivity index is 1.51. The van der Waals surface area contributed by atoms with Crippen molar-refractivity contribution in [2.75, 3.05) is 32.4 Å². The van der Waals surface area contributed by atoms with Gasteiger partial charge in [-0.25, -0.2) is 0 Å². The number of ether oxygens (including phenoxy) is 3. The number of rotatable bonds is 9. The lowest BCUT2D eigenvalue weighted by atomic mass is 10.2. The van der Waals surface area contributed by atoms with Crippen LogP contribution in [0.2, 0.25) is 0 Å². The molecule has 0 atom stereocenters. The van der Waals surface area contributed by atoms with Crippen LogP contribution >= 0.6 is 11.8 Å². The lowest BCUT2D eigenvalue weighted by molar-refractivity contribution is -0.113. The van der Waals surface area contributed by atoms with Gasteiger partial charge in [0.25, 0.3) is 0 Å². The van der Waals surface area contributed by atoms with Gasteiger partial charge in [0.2, 0.25) is 17.6 Å². The fourth-order valence-electron chi connectivity index (χ4n) is 2.48. The molecule has 0 unspecified atom stereocenters. The monoisotopic (exact) mass is 415 g/mol. The van der Waals surface area contributed by atoms with E-state index in [0.29, 0.717) is 34.7 Å². The number of amides is 1. The second kappa shape index (κ2) is 9.83. The van der Waals surface area contributed by atoms with Crippen molar-refractivity contribution in [1.82, 2.24) is 10.1 Å². The van der Waals surface area contributed by atoms with Gasteiger partial charge in [0.05, 0.1) is 32.8 Å². The van der Waals surface area contributed by atoms with Gasteiger partial charge in [-0.1, -0.05) is 5.16 Å². The molecule has 1 heterocycles. The van der Waals surface area contributed by atoms with Crippen LogP contribution < -0.4 is 19.5 Å². The highest BCUT2D eigenvalue weighted by Gasteiger charge is 2.11. The van der Waals surface area contributed by atoms with Crippen molar-refractivity contribution in [3.63, 3.8) is 0 Å². The number of hydrogen-bond donors (Lipinski definition) is 1. The first-order valence-electron chi connectivity index (χ1n) is 8.69. The van der Waals surface area contributed by atoms with E-state index < -0.39 is 0 Å². The minimum absolute atomic E-state index is 0.153. The Morgan fingerprint density at radius 2 is 1.66 bits per heavy atom. The molecule has 0 saturated carbocycles. The van der Waals surface area contributed by atoms with Crippen LogP contribution in [0.15, 0.2) is 47.0 Å². The Morgan fingerprint density at radius 1 is 1.00 bits per heavy atom. The summed E-state index contributed by atoms with van der Waals surface area (Å²) in [5.74, 6) is 3.42. The van der Waals surface area contributed by atoms with Gasteiger partial charge in [-0.15, -0.1) is 11.8 Å². The average Bonchev–Trinajstić information content (AvgIpc) is 3.22. The van der Waals surface area contributed by atoms with Crippen LogP contribution in [0.5, 0.6) is 17.2 Å². The molecule has 3 rings (SSSR count). The van der Waals surface area contributed by atoms with Crippen molar-refractivity contribution in [3.05, 3.63) is 48.4 Å². The third-order valence-corrected chi connectivity index (χ3v) is 4.83. The number of carbonyl (C=O) groups is 1. The summed E-state index contributed by atoms with van der Waals surface area (Å²) in [4.78, 5) is 16.6. The van der Waals surface area contributed by atoms with E-state index in [1.807, 2.05) is 24.3 Å². The van der Waals surface area contributed by atoms with E-state index in [0.717, 1.165) is 11.3 Å². The highest BCUT2D eigenvalue weighted by Crippen LogP contribution is 2.26. The molecule has 0 saturated heterocycles. The Hall–Kier alpha value is -3.20. The maximum absolute atomic E-state index is 12.2. The zero-order chi connectivity index (χ0) is 20.6. The normalized spacial score (nSPS) is 10.4. The summed E-state index contributed by atoms with van der Waals surface area (Å²) in [6, 6.07) is 12.6. The molecule has 1 N–H and O–H groups in total. The van der Waals surface area contributed by atoms with E-state index in [1.165, 1.54) is 11.8 Å². The predicted octanol–water partition coefficient (Wildman–Crippen LogP) is 3.63. The molecular formula is C20H21N3O5S. The summed E-state index contributed by atoms with van der Waals surface area (Å²) in [5, 5.41) is 6.80. The van der Waals surface area contributed by atoms with Gasteiger partial charge in [-0.3, -0.25) is 4.79 Å². The van der Waals surface area contributed by atoms with Crippen LogP contribution in [0, 0.1) is 0 Å². The number of nitrogens with zero attached hydrogens (tertiary/aromatic N) is 2. The minimum atomic E-state index is -0.153. The molecule has 8 nitrogen and oxygen atoms in total. The first kappa shape index (κ1) is 20.5. The second-order valence-corrected chi connectivity index (χ2v) is 6.87. The predicted molar refractivity (Wildman–Crippen MR) is 111 cm³/mol. The molecule has 0 aliphatic rings. The first-order chi connectivity index (χ1) is 14.1. The third-order valence-electron chi connectivity index (χ3n) is 3.91. The van der Waals surface area contributed by atoms with E-state index in [9.17, 15) is 4.79 Å². The Morgan fingerprint density at radius 3 is 2.28 bits per heavy atom. The average molecular weight is 415 g/mol. The van der Waals surface area contributed by atoms with E-state index in [1.54, 1.807) is 39.5 Å². The van der Waals surface area contributed by atoms with Crippen molar-refractivity contribution in [1.29, 1.82) is 0 Å². The largest absolute Gasteiger partial charge is 0.497 e. The number of benzene rings is 2. The minimum Gasteiger partial charge on any atom is -0.497 e. The van der Waals surface area contributed by atoms with E-state index in [4.69, 9.17) is 18.7 Å². The molecule has 0 bridgehead atoms. The van der Waals surface area contributed by atoms with Crippen molar-refractivity contribution >= 4 is 23.4 Å². The Labute approximate surface area is 172 Å². The topological polar surface area (TPSA) is 95.7 Å². The number of nitrogens with one attached hydrogen (secondary N) is 1. The van der Waals surface area contributed by atoms with Crippen molar-refractivity contribution in [2.24, 2.45) is 0 Å². The van der Waals surface area contributed by atoms with Gasteiger partial charge in [0.1, 0.15) is 17.2 Å². The zero-order valence-corrected chi connectivity index (χ0v) is 17.1. The van der Waals surface area contributed by atoms with Crippen molar-refractivity contribution in [2.45, 2.75) is 5.75 Å². The van der Waals surface area contributed by atoms with Crippen LogP contribution in [0.25, 0.3) is 11.4 Å². The summed E-state index contributed by atoms with van der Waals surface area (Å²) in [5.41, 5.74) is 1.43. The van der Waals surface area contributed by atoms with Gasteiger partial charge in [-0.05, 0) is 24.3 Å². The maximum Gasteiger partial charge on any atom is 0.236 e. The molecule has 1 amide bonds.